The minimum atomic E-state index is 0.0972. The molecule has 1 atom stereocenters. The van der Waals surface area contributed by atoms with Crippen LogP contribution in [0.25, 0.3) is 9.88 Å². The van der Waals surface area contributed by atoms with Crippen LogP contribution < -0.4 is 5.73 Å². The zero-order valence-electron chi connectivity index (χ0n) is 8.64. The second-order valence-corrected chi connectivity index (χ2v) is 5.26. The topological polar surface area (TPSA) is 38.9 Å². The van der Waals surface area contributed by atoms with Crippen molar-refractivity contribution < 1.29 is 0 Å². The van der Waals surface area contributed by atoms with Crippen molar-refractivity contribution in [3.8, 4) is 9.88 Å². The van der Waals surface area contributed by atoms with Gasteiger partial charge in [-0.25, -0.2) is 4.98 Å². The molecule has 1 unspecified atom stereocenters. The maximum absolute atomic E-state index is 6.02. The van der Waals surface area contributed by atoms with Gasteiger partial charge in [0.2, 0.25) is 0 Å². The third-order valence-electron chi connectivity index (χ3n) is 2.23. The van der Waals surface area contributed by atoms with Crippen molar-refractivity contribution in [2.75, 3.05) is 0 Å². The lowest BCUT2D eigenvalue weighted by atomic mass is 10.1. The van der Waals surface area contributed by atoms with Crippen molar-refractivity contribution in [2.24, 2.45) is 5.73 Å². The van der Waals surface area contributed by atoms with E-state index in [0.29, 0.717) is 0 Å². The highest BCUT2D eigenvalue weighted by Gasteiger charge is 2.10. The lowest BCUT2D eigenvalue weighted by molar-refractivity contribution is 0.625. The molecule has 0 aliphatic heterocycles. The summed E-state index contributed by atoms with van der Waals surface area (Å²) in [6.07, 6.45) is 2.11. The molecule has 80 valence electrons. The number of aromatic nitrogens is 1. The summed E-state index contributed by atoms with van der Waals surface area (Å²) in [7, 11) is 0. The van der Waals surface area contributed by atoms with Gasteiger partial charge in [0, 0.05) is 11.4 Å². The second kappa shape index (κ2) is 4.88. The van der Waals surface area contributed by atoms with Gasteiger partial charge in [0.15, 0.2) is 0 Å². The molecule has 0 amide bonds. The van der Waals surface area contributed by atoms with Crippen LogP contribution in [0.1, 0.15) is 31.5 Å². The molecule has 0 aliphatic carbocycles. The lowest BCUT2D eigenvalue weighted by Gasteiger charge is -2.05. The SMILES string of the molecule is CCCC(N)c1csc(-c2cccs2)n1. The van der Waals surface area contributed by atoms with Crippen molar-refractivity contribution in [1.29, 1.82) is 0 Å². The largest absolute Gasteiger partial charge is 0.323 e. The molecule has 15 heavy (non-hydrogen) atoms. The summed E-state index contributed by atoms with van der Waals surface area (Å²) in [5.41, 5.74) is 7.05. The first-order valence-electron chi connectivity index (χ1n) is 5.06. The van der Waals surface area contributed by atoms with E-state index in [9.17, 15) is 0 Å². The van der Waals surface area contributed by atoms with Crippen LogP contribution >= 0.6 is 22.7 Å². The van der Waals surface area contributed by atoms with Crippen molar-refractivity contribution >= 4 is 22.7 Å². The molecule has 4 heteroatoms. The highest BCUT2D eigenvalue weighted by Crippen LogP contribution is 2.29. The van der Waals surface area contributed by atoms with Crippen molar-refractivity contribution in [3.63, 3.8) is 0 Å². The Labute approximate surface area is 97.8 Å². The third kappa shape index (κ3) is 2.45. The first-order chi connectivity index (χ1) is 7.31. The smallest absolute Gasteiger partial charge is 0.133 e. The van der Waals surface area contributed by atoms with Crippen LogP contribution in [-0.2, 0) is 0 Å². The van der Waals surface area contributed by atoms with Crippen LogP contribution in [0, 0.1) is 0 Å². The molecule has 0 saturated carbocycles. The Morgan fingerprint density at radius 3 is 3.00 bits per heavy atom. The zero-order valence-corrected chi connectivity index (χ0v) is 10.3. The predicted octanol–water partition coefficient (Wildman–Crippen LogP) is 3.67. The maximum atomic E-state index is 6.02. The van der Waals surface area contributed by atoms with E-state index in [1.54, 1.807) is 22.7 Å². The van der Waals surface area contributed by atoms with Gasteiger partial charge in [-0.05, 0) is 17.9 Å². The summed E-state index contributed by atoms with van der Waals surface area (Å²) in [4.78, 5) is 5.81. The molecule has 2 nitrogen and oxygen atoms in total. The molecular formula is C11H14N2S2. The van der Waals surface area contributed by atoms with E-state index in [1.165, 1.54) is 4.88 Å². The highest BCUT2D eigenvalue weighted by atomic mass is 32.1. The standard InChI is InChI=1S/C11H14N2S2/c1-2-4-8(12)9-7-15-11(13-9)10-5-3-6-14-10/h3,5-8H,2,4,12H2,1H3. The van der Waals surface area contributed by atoms with Gasteiger partial charge in [-0.1, -0.05) is 19.4 Å². The first kappa shape index (κ1) is 10.8. The van der Waals surface area contributed by atoms with Crippen LogP contribution in [-0.4, -0.2) is 4.98 Å². The normalized spacial score (nSPS) is 12.9. The van der Waals surface area contributed by atoms with Crippen molar-refractivity contribution in [2.45, 2.75) is 25.8 Å². The van der Waals surface area contributed by atoms with Gasteiger partial charge in [0.05, 0.1) is 10.6 Å². The number of thiophene rings is 1. The number of nitrogens with zero attached hydrogens (tertiary/aromatic N) is 1. The minimum Gasteiger partial charge on any atom is -0.323 e. The molecule has 0 fully saturated rings. The Morgan fingerprint density at radius 2 is 2.33 bits per heavy atom. The molecule has 0 aliphatic rings. The Hall–Kier alpha value is -0.710. The summed E-state index contributed by atoms with van der Waals surface area (Å²) in [6, 6.07) is 4.24. The number of hydrogen-bond donors (Lipinski definition) is 1. The van der Waals surface area contributed by atoms with E-state index in [-0.39, 0.29) is 6.04 Å². The minimum absolute atomic E-state index is 0.0972. The van der Waals surface area contributed by atoms with E-state index in [4.69, 9.17) is 5.73 Å². The van der Waals surface area contributed by atoms with Gasteiger partial charge >= 0.3 is 0 Å². The third-order valence-corrected chi connectivity index (χ3v) is 4.13. The van der Waals surface area contributed by atoms with Gasteiger partial charge in [-0.15, -0.1) is 22.7 Å². The molecule has 2 heterocycles. The molecule has 0 aromatic carbocycles. The Kier molecular flexibility index (Phi) is 3.51. The zero-order chi connectivity index (χ0) is 10.7. The fourth-order valence-electron chi connectivity index (χ4n) is 1.43. The van der Waals surface area contributed by atoms with Gasteiger partial charge < -0.3 is 5.73 Å². The van der Waals surface area contributed by atoms with Crippen LogP contribution in [0.4, 0.5) is 0 Å². The molecule has 2 N–H and O–H groups in total. The summed E-state index contributed by atoms with van der Waals surface area (Å²) in [5.74, 6) is 0. The fraction of sp³-hybridized carbons (Fsp3) is 0.364. The fourth-order valence-corrected chi connectivity index (χ4v) is 3.13. The number of nitrogens with two attached hydrogens (primary N) is 1. The quantitative estimate of drug-likeness (QED) is 0.882. The van der Waals surface area contributed by atoms with E-state index in [2.05, 4.69) is 28.7 Å². The molecule has 2 rings (SSSR count). The van der Waals surface area contributed by atoms with Crippen LogP contribution in [0.2, 0.25) is 0 Å². The Balaban J connectivity index is 2.17. The molecule has 0 radical (unpaired) electrons. The van der Waals surface area contributed by atoms with Crippen molar-refractivity contribution in [1.82, 2.24) is 4.98 Å². The Bertz CT molecular complexity index is 406. The Morgan fingerprint density at radius 1 is 1.47 bits per heavy atom. The van der Waals surface area contributed by atoms with Gasteiger partial charge in [-0.2, -0.15) is 0 Å². The first-order valence-corrected chi connectivity index (χ1v) is 6.82. The predicted molar refractivity (Wildman–Crippen MR) is 67.3 cm³/mol. The van der Waals surface area contributed by atoms with Crippen molar-refractivity contribution in [3.05, 3.63) is 28.6 Å². The van der Waals surface area contributed by atoms with E-state index in [0.717, 1.165) is 23.5 Å². The molecule has 0 bridgehead atoms. The van der Waals surface area contributed by atoms with Gasteiger partial charge in [0.1, 0.15) is 5.01 Å². The van der Waals surface area contributed by atoms with Gasteiger partial charge in [-0.3, -0.25) is 0 Å². The summed E-state index contributed by atoms with van der Waals surface area (Å²) < 4.78 is 0. The van der Waals surface area contributed by atoms with Gasteiger partial charge in [0.25, 0.3) is 0 Å². The van der Waals surface area contributed by atoms with Crippen LogP contribution in [0.15, 0.2) is 22.9 Å². The molecule has 2 aromatic heterocycles. The number of thiazole rings is 1. The summed E-state index contributed by atoms with van der Waals surface area (Å²) in [6.45, 7) is 2.15. The number of rotatable bonds is 4. The second-order valence-electron chi connectivity index (χ2n) is 3.45. The number of hydrogen-bond acceptors (Lipinski definition) is 4. The average Bonchev–Trinajstić information content (AvgIpc) is 2.89. The molecular weight excluding hydrogens is 224 g/mol. The monoisotopic (exact) mass is 238 g/mol. The average molecular weight is 238 g/mol. The van der Waals surface area contributed by atoms with Crippen LogP contribution in [0.5, 0.6) is 0 Å². The lowest BCUT2D eigenvalue weighted by Crippen LogP contribution is -2.09. The molecule has 0 saturated heterocycles. The van der Waals surface area contributed by atoms with E-state index >= 15 is 0 Å². The van der Waals surface area contributed by atoms with E-state index < -0.39 is 0 Å². The summed E-state index contributed by atoms with van der Waals surface area (Å²) in [5, 5.41) is 5.24. The van der Waals surface area contributed by atoms with Crippen LogP contribution in [0.3, 0.4) is 0 Å². The summed E-state index contributed by atoms with van der Waals surface area (Å²) >= 11 is 3.40. The molecule has 2 aromatic rings. The highest BCUT2D eigenvalue weighted by molar-refractivity contribution is 7.20. The molecule has 0 spiro atoms. The maximum Gasteiger partial charge on any atom is 0.133 e. The van der Waals surface area contributed by atoms with E-state index in [1.807, 2.05) is 6.07 Å².